The number of aromatic nitrogens is 3. The van der Waals surface area contributed by atoms with Crippen LogP contribution in [0.2, 0.25) is 0 Å². The smallest absolute Gasteiger partial charge is 0.165 e. The van der Waals surface area contributed by atoms with Crippen molar-refractivity contribution in [3.63, 3.8) is 0 Å². The maximum Gasteiger partial charge on any atom is 0.165 e. The van der Waals surface area contributed by atoms with Gasteiger partial charge < -0.3 is 9.64 Å². The van der Waals surface area contributed by atoms with E-state index in [-0.39, 0.29) is 5.41 Å². The van der Waals surface area contributed by atoms with Gasteiger partial charge in [-0.25, -0.2) is 0 Å². The number of rotatable bonds is 3. The number of para-hydroxylation sites is 3. The van der Waals surface area contributed by atoms with Crippen LogP contribution < -0.4 is 9.64 Å². The van der Waals surface area contributed by atoms with Gasteiger partial charge in [0, 0.05) is 45.7 Å². The zero-order valence-electron chi connectivity index (χ0n) is 35.6. The van der Waals surface area contributed by atoms with Crippen molar-refractivity contribution in [2.75, 3.05) is 4.90 Å². The van der Waals surface area contributed by atoms with Crippen molar-refractivity contribution in [3.8, 4) is 56.1 Å². The summed E-state index contributed by atoms with van der Waals surface area (Å²) in [5.74, 6) is 1.69. The molecule has 65 heavy (non-hydrogen) atoms. The fourth-order valence-electron chi connectivity index (χ4n) is 11.4. The molecule has 6 heteroatoms. The lowest BCUT2D eigenvalue weighted by molar-refractivity contribution is 0.461. The lowest BCUT2D eigenvalue weighted by Crippen LogP contribution is -2.32. The molecule has 1 atom stereocenters. The molecule has 2 aliphatic heterocycles. The lowest BCUT2D eigenvalue weighted by Gasteiger charge is -2.42. The van der Waals surface area contributed by atoms with Crippen LogP contribution in [0.5, 0.6) is 11.5 Å². The Morgan fingerprint density at radius 1 is 0.477 bits per heavy atom. The quantitative estimate of drug-likeness (QED) is 0.176. The minimum absolute atomic E-state index is 0.0833. The summed E-state index contributed by atoms with van der Waals surface area (Å²) in [6.45, 7) is 4.68. The summed E-state index contributed by atoms with van der Waals surface area (Å²) in [5.41, 5.74) is 20.9. The van der Waals surface area contributed by atoms with Crippen molar-refractivity contribution >= 4 is 39.9 Å². The van der Waals surface area contributed by atoms with Gasteiger partial charge in [0.1, 0.15) is 0 Å². The van der Waals surface area contributed by atoms with Crippen LogP contribution in [0.1, 0.15) is 47.2 Å². The van der Waals surface area contributed by atoms with E-state index >= 15 is 0 Å². The third-order valence-corrected chi connectivity index (χ3v) is 15.5. The second kappa shape index (κ2) is 13.4. The van der Waals surface area contributed by atoms with Gasteiger partial charge in [-0.2, -0.15) is 0 Å². The number of pyridine rings is 1. The zero-order valence-corrected chi connectivity index (χ0v) is 36.4. The van der Waals surface area contributed by atoms with Crippen molar-refractivity contribution in [1.29, 1.82) is 0 Å². The van der Waals surface area contributed by atoms with Gasteiger partial charge in [0.05, 0.1) is 38.4 Å². The van der Waals surface area contributed by atoms with Gasteiger partial charge >= 0.3 is 0 Å². The number of anilines is 3. The van der Waals surface area contributed by atoms with Crippen LogP contribution in [0.15, 0.2) is 204 Å². The molecule has 0 saturated carbocycles. The van der Waals surface area contributed by atoms with E-state index in [2.05, 4.69) is 194 Å². The second-order valence-electron chi connectivity index (χ2n) is 17.9. The van der Waals surface area contributed by atoms with Gasteiger partial charge in [0.2, 0.25) is 0 Å². The minimum Gasteiger partial charge on any atom is -0.452 e. The molecule has 2 aromatic heterocycles. The fraction of sp³-hybridized carbons (Fsp3) is 0.0678. The van der Waals surface area contributed by atoms with Crippen molar-refractivity contribution in [2.45, 2.75) is 34.5 Å². The number of hydrogen-bond acceptors (Lipinski definition) is 6. The highest BCUT2D eigenvalue weighted by atomic mass is 32.2. The van der Waals surface area contributed by atoms with Crippen molar-refractivity contribution in [3.05, 3.63) is 228 Å². The highest BCUT2D eigenvalue weighted by Crippen LogP contribution is 2.66. The Morgan fingerprint density at radius 2 is 1.23 bits per heavy atom. The molecule has 2 aliphatic carbocycles. The summed E-state index contributed by atoms with van der Waals surface area (Å²) >= 11 is 1.81. The van der Waals surface area contributed by atoms with Gasteiger partial charge in [-0.05, 0) is 122 Å². The molecule has 1 spiro atoms. The van der Waals surface area contributed by atoms with Crippen molar-refractivity contribution in [2.24, 2.45) is 0 Å². The topological polar surface area (TPSA) is 51.1 Å². The van der Waals surface area contributed by atoms with Gasteiger partial charge in [0.25, 0.3) is 0 Å². The van der Waals surface area contributed by atoms with E-state index in [4.69, 9.17) is 14.7 Å². The highest BCUT2D eigenvalue weighted by molar-refractivity contribution is 7.99. The Kier molecular flexibility index (Phi) is 7.54. The Balaban J connectivity index is 0.985. The van der Waals surface area contributed by atoms with Crippen LogP contribution in [0.4, 0.5) is 17.1 Å². The molecule has 1 unspecified atom stereocenters. The maximum absolute atomic E-state index is 7.19. The number of hydrogen-bond donors (Lipinski definition) is 0. The molecule has 4 heterocycles. The third-order valence-electron chi connectivity index (χ3n) is 14.3. The van der Waals surface area contributed by atoms with E-state index in [0.29, 0.717) is 0 Å². The standard InChI is InChI=1S/C59H38N4OS/c1-58(2)43-16-4-3-14-40(43)42-34-38(24-26-44(42)58)63-50-20-6-7-21-52(50)64-56-51(63)28-27-47-57(56)65-53-22-8-5-17-45(53)59(47)46-18-11-29-61-54(46)41-25-23-36(33-48(41)59)35-12-9-13-37(32-35)39-15-10-19-49-55(39)62-31-30-60-49/h3-34H,1-2H3. The molecule has 0 bridgehead atoms. The van der Waals surface area contributed by atoms with Gasteiger partial charge in [-0.1, -0.05) is 141 Å². The SMILES string of the molecule is CC1(C)c2ccccc2-c2cc(N3c4ccccc4Oc4c3ccc3c4Sc4ccccc4C34c3cc(-c5cccc(-c6cccc7nccnc67)c5)ccc3-c3ncccc34)ccc21. The highest BCUT2D eigenvalue weighted by Gasteiger charge is 2.52. The van der Waals surface area contributed by atoms with E-state index in [1.165, 1.54) is 49.4 Å². The van der Waals surface area contributed by atoms with E-state index in [0.717, 1.165) is 78.0 Å². The Morgan fingerprint density at radius 3 is 2.18 bits per heavy atom. The Labute approximate surface area is 381 Å². The number of benzene rings is 8. The van der Waals surface area contributed by atoms with Gasteiger partial charge in [0.15, 0.2) is 11.5 Å². The number of nitrogens with zero attached hydrogens (tertiary/aromatic N) is 4. The number of ether oxygens (including phenoxy) is 1. The monoisotopic (exact) mass is 850 g/mol. The number of fused-ring (bicyclic) bond motifs is 16. The molecule has 0 N–H and O–H groups in total. The molecule has 0 saturated heterocycles. The molecule has 8 aromatic carbocycles. The largest absolute Gasteiger partial charge is 0.452 e. The third kappa shape index (κ3) is 4.97. The summed E-state index contributed by atoms with van der Waals surface area (Å²) < 4.78 is 7.19. The average Bonchev–Trinajstić information content (AvgIpc) is 3.77. The first kappa shape index (κ1) is 36.7. The second-order valence-corrected chi connectivity index (χ2v) is 19.0. The van der Waals surface area contributed by atoms with Crippen molar-refractivity contribution in [1.82, 2.24) is 15.0 Å². The zero-order chi connectivity index (χ0) is 43.0. The lowest BCUT2D eigenvalue weighted by atomic mass is 9.67. The van der Waals surface area contributed by atoms with Gasteiger partial charge in [-0.15, -0.1) is 0 Å². The Hall–Kier alpha value is -7.80. The van der Waals surface area contributed by atoms with Crippen molar-refractivity contribution < 1.29 is 4.74 Å². The minimum atomic E-state index is -0.669. The van der Waals surface area contributed by atoms with E-state index in [9.17, 15) is 0 Å². The molecule has 10 aromatic rings. The summed E-state index contributed by atoms with van der Waals surface area (Å²) in [4.78, 5) is 19.2. The van der Waals surface area contributed by atoms with Crippen LogP contribution in [-0.2, 0) is 10.8 Å². The van der Waals surface area contributed by atoms with Crippen LogP contribution in [0, 0.1) is 0 Å². The summed E-state index contributed by atoms with van der Waals surface area (Å²) in [5, 5.41) is 0. The first-order valence-corrected chi connectivity index (χ1v) is 23.0. The Bertz CT molecular complexity index is 3680. The summed E-state index contributed by atoms with van der Waals surface area (Å²) in [6, 6.07) is 64.3. The van der Waals surface area contributed by atoms with E-state index < -0.39 is 5.41 Å². The van der Waals surface area contributed by atoms with Crippen LogP contribution in [-0.4, -0.2) is 15.0 Å². The van der Waals surface area contributed by atoms with E-state index in [1.54, 1.807) is 12.4 Å². The molecule has 0 radical (unpaired) electrons. The summed E-state index contributed by atoms with van der Waals surface area (Å²) in [7, 11) is 0. The molecular formula is C59H38N4OS. The molecular weight excluding hydrogens is 813 g/mol. The normalized spacial score (nSPS) is 16.4. The summed E-state index contributed by atoms with van der Waals surface area (Å²) in [6.07, 6.45) is 5.45. The maximum atomic E-state index is 7.19. The van der Waals surface area contributed by atoms with Crippen LogP contribution >= 0.6 is 11.8 Å². The molecule has 0 amide bonds. The average molecular weight is 851 g/mol. The molecule has 4 aliphatic rings. The predicted octanol–water partition coefficient (Wildman–Crippen LogP) is 15.1. The predicted molar refractivity (Wildman–Crippen MR) is 262 cm³/mol. The van der Waals surface area contributed by atoms with Crippen LogP contribution in [0.3, 0.4) is 0 Å². The fourth-order valence-corrected chi connectivity index (χ4v) is 12.7. The first-order valence-electron chi connectivity index (χ1n) is 22.2. The molecule has 5 nitrogen and oxygen atoms in total. The van der Waals surface area contributed by atoms with Crippen LogP contribution in [0.25, 0.3) is 55.7 Å². The first-order chi connectivity index (χ1) is 32.0. The molecule has 306 valence electrons. The van der Waals surface area contributed by atoms with Gasteiger partial charge in [-0.3, -0.25) is 15.0 Å². The molecule has 14 rings (SSSR count). The molecule has 0 fully saturated rings. The van der Waals surface area contributed by atoms with E-state index in [1.807, 2.05) is 24.0 Å².